The third kappa shape index (κ3) is 2.92. The van der Waals surface area contributed by atoms with Crippen molar-refractivity contribution in [1.82, 2.24) is 10.4 Å². The molecule has 1 amide bonds. The molecule has 0 aromatic heterocycles. The highest BCUT2D eigenvalue weighted by Gasteiger charge is 2.44. The van der Waals surface area contributed by atoms with Crippen molar-refractivity contribution in [1.29, 1.82) is 0 Å². The van der Waals surface area contributed by atoms with Gasteiger partial charge in [0.1, 0.15) is 0 Å². The minimum atomic E-state index is -0.512. The molecule has 3 saturated heterocycles. The van der Waals surface area contributed by atoms with Crippen LogP contribution in [0.5, 0.6) is 0 Å². The van der Waals surface area contributed by atoms with Crippen molar-refractivity contribution < 1.29 is 14.7 Å². The van der Waals surface area contributed by atoms with Crippen LogP contribution in [-0.2, 0) is 9.53 Å². The molecule has 6 heteroatoms. The largest absolute Gasteiger partial charge is 0.381 e. The molecule has 0 saturated carbocycles. The molecule has 0 aliphatic carbocycles. The van der Waals surface area contributed by atoms with Crippen LogP contribution in [0, 0.1) is 5.92 Å². The zero-order valence-electron chi connectivity index (χ0n) is 13.6. The van der Waals surface area contributed by atoms with Crippen molar-refractivity contribution >= 4 is 17.7 Å². The van der Waals surface area contributed by atoms with Crippen molar-refractivity contribution in [2.45, 2.75) is 18.5 Å². The Morgan fingerprint density at radius 3 is 2.79 bits per heavy atom. The van der Waals surface area contributed by atoms with Crippen molar-refractivity contribution in [3.05, 3.63) is 35.9 Å². The predicted octanol–water partition coefficient (Wildman–Crippen LogP) is 1.11. The van der Waals surface area contributed by atoms with Gasteiger partial charge in [-0.2, -0.15) is 0 Å². The van der Waals surface area contributed by atoms with Gasteiger partial charge in [-0.05, 0) is 24.1 Å². The summed E-state index contributed by atoms with van der Waals surface area (Å²) in [6.07, 6.45) is 4.33. The topological polar surface area (TPSA) is 65.0 Å². The van der Waals surface area contributed by atoms with Gasteiger partial charge in [0.15, 0.2) is 0 Å². The van der Waals surface area contributed by atoms with Crippen LogP contribution < -0.4 is 10.4 Å². The summed E-state index contributed by atoms with van der Waals surface area (Å²) in [5, 5.41) is 8.63. The van der Waals surface area contributed by atoms with Gasteiger partial charge in [0.05, 0.1) is 13.2 Å². The number of fused-ring (bicyclic) bond motifs is 2. The Kier molecular flexibility index (Phi) is 4.26. The minimum absolute atomic E-state index is 0.512. The van der Waals surface area contributed by atoms with E-state index in [1.165, 1.54) is 18.2 Å². The Balaban J connectivity index is 1.46. The molecule has 3 heterocycles. The molecule has 4 rings (SSSR count). The molecule has 0 spiro atoms. The molecular weight excluding hydrogens is 306 g/mol. The molecule has 3 aliphatic heterocycles. The van der Waals surface area contributed by atoms with Crippen molar-refractivity contribution in [2.75, 3.05) is 37.7 Å². The molecule has 2 N–H and O–H groups in total. The first kappa shape index (κ1) is 15.6. The lowest BCUT2D eigenvalue weighted by Crippen LogP contribution is -2.50. The number of anilines is 1. The fourth-order valence-corrected chi connectivity index (χ4v) is 4.08. The molecule has 24 heavy (non-hydrogen) atoms. The number of carbonyl (C=O) groups excluding carboxylic acids is 1. The summed E-state index contributed by atoms with van der Waals surface area (Å²) >= 11 is 0. The summed E-state index contributed by atoms with van der Waals surface area (Å²) in [6.45, 7) is 5.13. The summed E-state index contributed by atoms with van der Waals surface area (Å²) in [5.41, 5.74) is 3.80. The van der Waals surface area contributed by atoms with E-state index in [1.54, 1.807) is 11.6 Å². The fourth-order valence-electron chi connectivity index (χ4n) is 4.08. The maximum atomic E-state index is 11.2. The number of benzene rings is 1. The van der Waals surface area contributed by atoms with Crippen LogP contribution in [0.1, 0.15) is 12.0 Å². The molecule has 0 radical (unpaired) electrons. The molecule has 3 fully saturated rings. The first-order valence-electron chi connectivity index (χ1n) is 8.54. The normalized spacial score (nSPS) is 27.0. The number of hydroxylamine groups is 1. The van der Waals surface area contributed by atoms with Crippen LogP contribution in [0.3, 0.4) is 0 Å². The maximum absolute atomic E-state index is 11.2. The number of piperazine rings is 1. The molecule has 1 aromatic carbocycles. The van der Waals surface area contributed by atoms with E-state index in [4.69, 9.17) is 9.94 Å². The van der Waals surface area contributed by atoms with Crippen molar-refractivity contribution in [3.8, 4) is 0 Å². The quantitative estimate of drug-likeness (QED) is 0.481. The predicted molar refractivity (Wildman–Crippen MR) is 90.8 cm³/mol. The number of para-hydroxylation sites is 1. The van der Waals surface area contributed by atoms with E-state index in [0.717, 1.165) is 38.4 Å². The SMILES string of the molecule is O=C(/C=C/c1ccccc1N1C[C@@H]2C[C@H]1CN2CC1COC1)NO. The average molecular weight is 329 g/mol. The molecular formula is C18H23N3O3. The Morgan fingerprint density at radius 1 is 1.29 bits per heavy atom. The Morgan fingerprint density at radius 2 is 2.12 bits per heavy atom. The minimum Gasteiger partial charge on any atom is -0.381 e. The van der Waals surface area contributed by atoms with Crippen LogP contribution in [0.25, 0.3) is 6.08 Å². The van der Waals surface area contributed by atoms with Crippen LogP contribution in [0.15, 0.2) is 30.3 Å². The van der Waals surface area contributed by atoms with Gasteiger partial charge in [-0.25, -0.2) is 5.48 Å². The number of hydrogen-bond acceptors (Lipinski definition) is 5. The number of hydrogen-bond donors (Lipinski definition) is 2. The summed E-state index contributed by atoms with van der Waals surface area (Å²) < 4.78 is 5.29. The zero-order valence-corrected chi connectivity index (χ0v) is 13.6. The van der Waals surface area contributed by atoms with Gasteiger partial charge in [0.25, 0.3) is 5.91 Å². The lowest BCUT2D eigenvalue weighted by atomic mass is 10.1. The monoisotopic (exact) mass is 329 g/mol. The first-order valence-corrected chi connectivity index (χ1v) is 8.54. The number of nitrogens with one attached hydrogen (secondary N) is 1. The van der Waals surface area contributed by atoms with Crippen molar-refractivity contribution in [3.63, 3.8) is 0 Å². The van der Waals surface area contributed by atoms with Crippen LogP contribution >= 0.6 is 0 Å². The second kappa shape index (κ2) is 6.55. The maximum Gasteiger partial charge on any atom is 0.267 e. The number of nitrogens with zero attached hydrogens (tertiary/aromatic N) is 2. The summed E-state index contributed by atoms with van der Waals surface area (Å²) in [6, 6.07) is 9.28. The number of rotatable bonds is 5. The fraction of sp³-hybridized carbons (Fsp3) is 0.500. The van der Waals surface area contributed by atoms with Crippen LogP contribution in [0.2, 0.25) is 0 Å². The second-order valence-corrected chi connectivity index (χ2v) is 6.92. The highest BCUT2D eigenvalue weighted by Crippen LogP contribution is 2.37. The zero-order chi connectivity index (χ0) is 16.5. The highest BCUT2D eigenvalue weighted by molar-refractivity contribution is 5.91. The highest BCUT2D eigenvalue weighted by atomic mass is 16.5. The molecule has 1 aromatic rings. The first-order chi connectivity index (χ1) is 11.7. The third-order valence-corrected chi connectivity index (χ3v) is 5.32. The van der Waals surface area contributed by atoms with Gasteiger partial charge >= 0.3 is 0 Å². The van der Waals surface area contributed by atoms with E-state index < -0.39 is 5.91 Å². The number of amides is 1. The number of ether oxygens (including phenoxy) is 1. The third-order valence-electron chi connectivity index (χ3n) is 5.32. The Bertz CT molecular complexity index is 644. The number of likely N-dealkylation sites (tertiary alicyclic amines) is 1. The standard InChI is InChI=1S/C18H23N3O3/c22-18(19-23)6-5-14-3-1-2-4-17(14)21-10-15-7-16(21)9-20(15)8-13-11-24-12-13/h1-6,13,15-16,23H,7-12H2,(H,19,22)/b6-5+/t15-,16-/m0/s1. The average Bonchev–Trinajstić information content (AvgIpc) is 3.16. The van der Waals surface area contributed by atoms with E-state index in [9.17, 15) is 4.79 Å². The Labute approximate surface area is 141 Å². The summed E-state index contributed by atoms with van der Waals surface area (Å²) in [4.78, 5) is 16.3. The molecule has 6 nitrogen and oxygen atoms in total. The lowest BCUT2D eigenvalue weighted by molar-refractivity contribution is -0.124. The van der Waals surface area contributed by atoms with Gasteiger partial charge in [0, 0.05) is 49.4 Å². The molecule has 128 valence electrons. The van der Waals surface area contributed by atoms with Crippen LogP contribution in [-0.4, -0.2) is 60.9 Å². The number of carbonyl (C=O) groups is 1. The van der Waals surface area contributed by atoms with Gasteiger partial charge < -0.3 is 9.64 Å². The van der Waals surface area contributed by atoms with E-state index >= 15 is 0 Å². The van der Waals surface area contributed by atoms with Crippen molar-refractivity contribution in [2.24, 2.45) is 5.92 Å². The van der Waals surface area contributed by atoms with E-state index in [1.807, 2.05) is 18.2 Å². The summed E-state index contributed by atoms with van der Waals surface area (Å²) in [7, 11) is 0. The van der Waals surface area contributed by atoms with E-state index in [0.29, 0.717) is 18.0 Å². The lowest BCUT2D eigenvalue weighted by Gasteiger charge is -2.39. The van der Waals surface area contributed by atoms with Crippen LogP contribution in [0.4, 0.5) is 5.69 Å². The van der Waals surface area contributed by atoms with E-state index in [-0.39, 0.29) is 0 Å². The molecule has 0 unspecified atom stereocenters. The van der Waals surface area contributed by atoms with Gasteiger partial charge in [0.2, 0.25) is 0 Å². The van der Waals surface area contributed by atoms with Gasteiger partial charge in [-0.3, -0.25) is 14.9 Å². The van der Waals surface area contributed by atoms with Gasteiger partial charge in [-0.1, -0.05) is 18.2 Å². The smallest absolute Gasteiger partial charge is 0.267 e. The molecule has 3 aliphatic rings. The van der Waals surface area contributed by atoms with E-state index in [2.05, 4.69) is 15.9 Å². The molecule has 2 atom stereocenters. The van der Waals surface area contributed by atoms with Gasteiger partial charge in [-0.15, -0.1) is 0 Å². The molecule has 2 bridgehead atoms. The second-order valence-electron chi connectivity index (χ2n) is 6.92. The Hall–Kier alpha value is -1.89. The summed E-state index contributed by atoms with van der Waals surface area (Å²) in [5.74, 6) is 0.201.